The first-order chi connectivity index (χ1) is 10.0. The standard InChI is InChI=1S/C15H13FN4S/c1-9-3-4-11(16)5-12(9)15-18-13(6-14(21)19-15)10-7-17-20(2)8-10/h3-8H,1-2H3,(H,18,19,21). The van der Waals surface area contributed by atoms with Gasteiger partial charge in [-0.25, -0.2) is 9.37 Å². The van der Waals surface area contributed by atoms with Crippen molar-refractivity contribution in [3.63, 3.8) is 0 Å². The van der Waals surface area contributed by atoms with Crippen LogP contribution < -0.4 is 0 Å². The zero-order valence-electron chi connectivity index (χ0n) is 11.6. The van der Waals surface area contributed by atoms with Gasteiger partial charge in [0, 0.05) is 24.4 Å². The molecule has 21 heavy (non-hydrogen) atoms. The van der Waals surface area contributed by atoms with Crippen LogP contribution in [-0.4, -0.2) is 19.7 Å². The number of aryl methyl sites for hydroxylation is 2. The molecule has 0 saturated carbocycles. The molecule has 0 radical (unpaired) electrons. The molecule has 106 valence electrons. The number of hydrogen-bond acceptors (Lipinski definition) is 3. The summed E-state index contributed by atoms with van der Waals surface area (Å²) in [4.78, 5) is 7.51. The Bertz CT molecular complexity index is 866. The van der Waals surface area contributed by atoms with Crippen LogP contribution >= 0.6 is 12.2 Å². The van der Waals surface area contributed by atoms with E-state index in [1.54, 1.807) is 23.0 Å². The third-order valence-electron chi connectivity index (χ3n) is 3.21. The van der Waals surface area contributed by atoms with Gasteiger partial charge in [-0.15, -0.1) is 0 Å². The highest BCUT2D eigenvalue weighted by molar-refractivity contribution is 7.71. The smallest absolute Gasteiger partial charge is 0.139 e. The van der Waals surface area contributed by atoms with E-state index >= 15 is 0 Å². The van der Waals surface area contributed by atoms with E-state index in [1.165, 1.54) is 12.1 Å². The molecule has 0 fully saturated rings. The SMILES string of the molecule is Cc1ccc(F)cc1-c1nc(=S)cc(-c2cnn(C)c2)[nH]1. The van der Waals surface area contributed by atoms with Crippen LogP contribution in [0.15, 0.2) is 36.7 Å². The highest BCUT2D eigenvalue weighted by atomic mass is 32.1. The Morgan fingerprint density at radius 1 is 1.29 bits per heavy atom. The summed E-state index contributed by atoms with van der Waals surface area (Å²) in [5.74, 6) is 0.252. The van der Waals surface area contributed by atoms with Crippen molar-refractivity contribution in [1.82, 2.24) is 19.7 Å². The topological polar surface area (TPSA) is 46.5 Å². The minimum Gasteiger partial charge on any atom is -0.339 e. The predicted molar refractivity (Wildman–Crippen MR) is 81.8 cm³/mol. The van der Waals surface area contributed by atoms with Crippen LogP contribution in [0.25, 0.3) is 22.6 Å². The molecular formula is C15H13FN4S. The van der Waals surface area contributed by atoms with E-state index in [0.717, 1.165) is 16.8 Å². The molecule has 1 N–H and O–H groups in total. The van der Waals surface area contributed by atoms with Crippen LogP contribution in [0.4, 0.5) is 4.39 Å². The van der Waals surface area contributed by atoms with Gasteiger partial charge in [-0.2, -0.15) is 5.10 Å². The summed E-state index contributed by atoms with van der Waals surface area (Å²) in [7, 11) is 1.84. The lowest BCUT2D eigenvalue weighted by Gasteiger charge is -2.07. The average molecular weight is 300 g/mol. The van der Waals surface area contributed by atoms with Crippen molar-refractivity contribution in [2.75, 3.05) is 0 Å². The van der Waals surface area contributed by atoms with Crippen LogP contribution in [0.5, 0.6) is 0 Å². The second-order valence-corrected chi connectivity index (χ2v) is 5.26. The maximum atomic E-state index is 13.5. The van der Waals surface area contributed by atoms with Crippen molar-refractivity contribution in [1.29, 1.82) is 0 Å². The van der Waals surface area contributed by atoms with Gasteiger partial charge >= 0.3 is 0 Å². The van der Waals surface area contributed by atoms with Crippen LogP contribution in [0.1, 0.15) is 5.56 Å². The Morgan fingerprint density at radius 3 is 2.81 bits per heavy atom. The van der Waals surface area contributed by atoms with Crippen LogP contribution in [0.2, 0.25) is 0 Å². The molecule has 0 amide bonds. The van der Waals surface area contributed by atoms with E-state index in [2.05, 4.69) is 15.1 Å². The van der Waals surface area contributed by atoms with Gasteiger partial charge in [-0.05, 0) is 30.7 Å². The maximum absolute atomic E-state index is 13.5. The molecule has 1 aromatic carbocycles. The summed E-state index contributed by atoms with van der Waals surface area (Å²) in [6, 6.07) is 6.37. The third-order valence-corrected chi connectivity index (χ3v) is 3.42. The first kappa shape index (κ1) is 13.6. The Hall–Kier alpha value is -2.34. The van der Waals surface area contributed by atoms with Crippen molar-refractivity contribution in [3.05, 3.63) is 52.7 Å². The molecule has 0 unspecified atom stereocenters. The Morgan fingerprint density at radius 2 is 2.10 bits per heavy atom. The van der Waals surface area contributed by atoms with Gasteiger partial charge in [0.1, 0.15) is 16.3 Å². The van der Waals surface area contributed by atoms with Gasteiger partial charge in [-0.1, -0.05) is 18.3 Å². The number of aromatic amines is 1. The summed E-state index contributed by atoms with van der Waals surface area (Å²) in [6.45, 7) is 1.91. The first-order valence-electron chi connectivity index (χ1n) is 6.40. The Kier molecular flexibility index (Phi) is 3.39. The van der Waals surface area contributed by atoms with E-state index < -0.39 is 0 Å². The Balaban J connectivity index is 2.18. The van der Waals surface area contributed by atoms with Gasteiger partial charge in [-0.3, -0.25) is 4.68 Å². The largest absolute Gasteiger partial charge is 0.339 e. The number of H-pyrrole nitrogens is 1. The molecule has 2 aromatic heterocycles. The quantitative estimate of drug-likeness (QED) is 0.735. The van der Waals surface area contributed by atoms with Crippen molar-refractivity contribution < 1.29 is 4.39 Å². The minimum absolute atomic E-state index is 0.302. The number of rotatable bonds is 2. The first-order valence-corrected chi connectivity index (χ1v) is 6.80. The molecule has 3 rings (SSSR count). The molecule has 0 aliphatic rings. The summed E-state index contributed by atoms with van der Waals surface area (Å²) >= 11 is 5.22. The second kappa shape index (κ2) is 5.21. The van der Waals surface area contributed by atoms with Gasteiger partial charge in [0.2, 0.25) is 0 Å². The zero-order valence-corrected chi connectivity index (χ0v) is 12.4. The average Bonchev–Trinajstić information content (AvgIpc) is 2.87. The molecule has 0 aliphatic carbocycles. The molecule has 0 saturated heterocycles. The monoisotopic (exact) mass is 300 g/mol. The molecule has 0 spiro atoms. The minimum atomic E-state index is -0.302. The molecule has 3 aromatic rings. The van der Waals surface area contributed by atoms with Crippen LogP contribution in [-0.2, 0) is 7.05 Å². The molecule has 4 nitrogen and oxygen atoms in total. The summed E-state index contributed by atoms with van der Waals surface area (Å²) in [5.41, 5.74) is 3.34. The fourth-order valence-electron chi connectivity index (χ4n) is 2.15. The molecule has 0 bridgehead atoms. The second-order valence-electron chi connectivity index (χ2n) is 4.84. The molecule has 0 atom stereocenters. The third kappa shape index (κ3) is 2.75. The zero-order chi connectivity index (χ0) is 15.0. The number of benzene rings is 1. The van der Waals surface area contributed by atoms with Gasteiger partial charge < -0.3 is 4.98 Å². The van der Waals surface area contributed by atoms with E-state index in [0.29, 0.717) is 16.0 Å². The van der Waals surface area contributed by atoms with Crippen molar-refractivity contribution >= 4 is 12.2 Å². The van der Waals surface area contributed by atoms with Crippen LogP contribution in [0, 0.1) is 17.4 Å². The number of hydrogen-bond donors (Lipinski definition) is 1. The highest BCUT2D eigenvalue weighted by Crippen LogP contribution is 2.24. The summed E-state index contributed by atoms with van der Waals surface area (Å²) < 4.78 is 15.6. The number of nitrogens with one attached hydrogen (secondary N) is 1. The molecule has 2 heterocycles. The van der Waals surface area contributed by atoms with E-state index in [4.69, 9.17) is 12.2 Å². The lowest BCUT2D eigenvalue weighted by Crippen LogP contribution is -1.95. The van der Waals surface area contributed by atoms with E-state index in [1.807, 2.05) is 20.2 Å². The fourth-order valence-corrected chi connectivity index (χ4v) is 2.36. The van der Waals surface area contributed by atoms with Crippen LogP contribution in [0.3, 0.4) is 0 Å². The van der Waals surface area contributed by atoms with Gasteiger partial charge in [0.25, 0.3) is 0 Å². The maximum Gasteiger partial charge on any atom is 0.139 e. The predicted octanol–water partition coefficient (Wildman–Crippen LogP) is 3.65. The fraction of sp³-hybridized carbons (Fsp3) is 0.133. The van der Waals surface area contributed by atoms with Crippen molar-refractivity contribution in [3.8, 4) is 22.6 Å². The van der Waals surface area contributed by atoms with Gasteiger partial charge in [0.05, 0.1) is 11.9 Å². The normalized spacial score (nSPS) is 10.8. The van der Waals surface area contributed by atoms with E-state index in [9.17, 15) is 4.39 Å². The molecular weight excluding hydrogens is 287 g/mol. The highest BCUT2D eigenvalue weighted by Gasteiger charge is 2.09. The molecule has 6 heteroatoms. The number of halogens is 1. The lowest BCUT2D eigenvalue weighted by atomic mass is 10.1. The van der Waals surface area contributed by atoms with Gasteiger partial charge in [0.15, 0.2) is 0 Å². The summed E-state index contributed by atoms with van der Waals surface area (Å²) in [6.07, 6.45) is 3.62. The Labute approximate surface area is 126 Å². The lowest BCUT2D eigenvalue weighted by molar-refractivity contribution is 0.627. The summed E-state index contributed by atoms with van der Waals surface area (Å²) in [5, 5.41) is 4.14. The number of aromatic nitrogens is 4. The number of nitrogens with zero attached hydrogens (tertiary/aromatic N) is 3. The van der Waals surface area contributed by atoms with Crippen molar-refractivity contribution in [2.24, 2.45) is 7.05 Å². The van der Waals surface area contributed by atoms with Crippen molar-refractivity contribution in [2.45, 2.75) is 6.92 Å². The molecule has 0 aliphatic heterocycles. The van der Waals surface area contributed by atoms with E-state index in [-0.39, 0.29) is 5.82 Å².